The Morgan fingerprint density at radius 3 is 1.18 bits per heavy atom. The van der Waals surface area contributed by atoms with Gasteiger partial charge in [0.05, 0.1) is 0 Å². The standard InChI is InChI=1S/C45H29N3O/c1-4-12-30(13-5-1)33-18-10-20-36(26-33)43-46-44(37-21-11-19-34(27-37)31-14-6-2-7-15-31)48-45(47-43)38-22-24-39-40-28-35(32-16-8-3-9-17-32)23-25-41(40)49-42(39)29-38/h1-29H. The van der Waals surface area contributed by atoms with E-state index in [2.05, 4.69) is 152 Å². The molecule has 7 aromatic carbocycles. The lowest BCUT2D eigenvalue weighted by atomic mass is 10.0. The molecule has 0 saturated heterocycles. The number of fused-ring (bicyclic) bond motifs is 3. The molecule has 0 aliphatic rings. The van der Waals surface area contributed by atoms with E-state index in [9.17, 15) is 0 Å². The molecule has 9 aromatic rings. The minimum Gasteiger partial charge on any atom is -0.456 e. The van der Waals surface area contributed by atoms with Crippen molar-refractivity contribution in [2.24, 2.45) is 0 Å². The van der Waals surface area contributed by atoms with Crippen molar-refractivity contribution in [1.82, 2.24) is 15.0 Å². The van der Waals surface area contributed by atoms with Gasteiger partial charge in [-0.25, -0.2) is 15.0 Å². The first-order valence-electron chi connectivity index (χ1n) is 16.4. The van der Waals surface area contributed by atoms with Gasteiger partial charge >= 0.3 is 0 Å². The second kappa shape index (κ2) is 12.2. The van der Waals surface area contributed by atoms with Crippen LogP contribution >= 0.6 is 0 Å². The van der Waals surface area contributed by atoms with E-state index < -0.39 is 0 Å². The molecule has 9 rings (SSSR count). The fourth-order valence-electron chi connectivity index (χ4n) is 6.43. The summed E-state index contributed by atoms with van der Waals surface area (Å²) in [6.45, 7) is 0. The Morgan fingerprint density at radius 1 is 0.265 bits per heavy atom. The lowest BCUT2D eigenvalue weighted by Gasteiger charge is -2.10. The van der Waals surface area contributed by atoms with Crippen LogP contribution in [-0.4, -0.2) is 15.0 Å². The largest absolute Gasteiger partial charge is 0.456 e. The third-order valence-electron chi connectivity index (χ3n) is 8.93. The molecule has 0 amide bonds. The summed E-state index contributed by atoms with van der Waals surface area (Å²) in [6, 6.07) is 60.5. The highest BCUT2D eigenvalue weighted by molar-refractivity contribution is 6.07. The van der Waals surface area contributed by atoms with Crippen molar-refractivity contribution in [3.63, 3.8) is 0 Å². The van der Waals surface area contributed by atoms with Gasteiger partial charge in [0, 0.05) is 27.5 Å². The molecule has 4 nitrogen and oxygen atoms in total. The van der Waals surface area contributed by atoms with Crippen LogP contribution in [-0.2, 0) is 0 Å². The third kappa shape index (κ3) is 5.56. The molecule has 0 unspecified atom stereocenters. The predicted octanol–water partition coefficient (Wildman–Crippen LogP) is 11.8. The highest BCUT2D eigenvalue weighted by atomic mass is 16.3. The van der Waals surface area contributed by atoms with Gasteiger partial charge < -0.3 is 4.42 Å². The smallest absolute Gasteiger partial charge is 0.164 e. The molecular formula is C45H29N3O. The Labute approximate surface area is 284 Å². The number of benzene rings is 7. The van der Waals surface area contributed by atoms with E-state index in [-0.39, 0.29) is 0 Å². The number of rotatable bonds is 6. The summed E-state index contributed by atoms with van der Waals surface area (Å²) < 4.78 is 6.39. The van der Waals surface area contributed by atoms with Gasteiger partial charge in [0.15, 0.2) is 17.5 Å². The van der Waals surface area contributed by atoms with Crippen LogP contribution in [0, 0.1) is 0 Å². The van der Waals surface area contributed by atoms with E-state index in [1.54, 1.807) is 0 Å². The van der Waals surface area contributed by atoms with Crippen LogP contribution in [0.3, 0.4) is 0 Å². The maximum absolute atomic E-state index is 6.39. The zero-order valence-corrected chi connectivity index (χ0v) is 26.5. The van der Waals surface area contributed by atoms with Crippen LogP contribution < -0.4 is 0 Å². The van der Waals surface area contributed by atoms with Crippen LogP contribution in [0.1, 0.15) is 0 Å². The van der Waals surface area contributed by atoms with Gasteiger partial charge in [-0.15, -0.1) is 0 Å². The summed E-state index contributed by atoms with van der Waals surface area (Å²) in [6.07, 6.45) is 0. The first-order chi connectivity index (χ1) is 24.2. The van der Waals surface area contributed by atoms with E-state index in [1.165, 1.54) is 5.56 Å². The highest BCUT2D eigenvalue weighted by Gasteiger charge is 2.16. The normalized spacial score (nSPS) is 11.3. The molecule has 0 fully saturated rings. The molecule has 230 valence electrons. The summed E-state index contributed by atoms with van der Waals surface area (Å²) in [5, 5.41) is 2.13. The maximum atomic E-state index is 6.39. The molecule has 0 N–H and O–H groups in total. The number of nitrogens with zero attached hydrogens (tertiary/aromatic N) is 3. The molecular weight excluding hydrogens is 599 g/mol. The first kappa shape index (κ1) is 28.6. The van der Waals surface area contributed by atoms with Crippen molar-refractivity contribution in [3.05, 3.63) is 176 Å². The van der Waals surface area contributed by atoms with Crippen LogP contribution in [0.5, 0.6) is 0 Å². The first-order valence-corrected chi connectivity index (χ1v) is 16.4. The van der Waals surface area contributed by atoms with Crippen molar-refractivity contribution >= 4 is 21.9 Å². The Hall–Kier alpha value is -6.65. The fraction of sp³-hybridized carbons (Fsp3) is 0. The lowest BCUT2D eigenvalue weighted by molar-refractivity contribution is 0.669. The van der Waals surface area contributed by atoms with E-state index >= 15 is 0 Å². The molecule has 49 heavy (non-hydrogen) atoms. The van der Waals surface area contributed by atoms with E-state index in [4.69, 9.17) is 19.4 Å². The minimum absolute atomic E-state index is 0.586. The molecule has 0 aliphatic heterocycles. The Morgan fingerprint density at radius 2 is 0.673 bits per heavy atom. The molecule has 2 aromatic heterocycles. The van der Waals surface area contributed by atoms with Crippen molar-refractivity contribution < 1.29 is 4.42 Å². The summed E-state index contributed by atoms with van der Waals surface area (Å²) in [5.41, 5.74) is 11.1. The van der Waals surface area contributed by atoms with Crippen LogP contribution in [0.25, 0.3) is 89.5 Å². The summed E-state index contributed by atoms with van der Waals surface area (Å²) in [7, 11) is 0. The second-order valence-corrected chi connectivity index (χ2v) is 12.1. The van der Waals surface area contributed by atoms with Crippen LogP contribution in [0.15, 0.2) is 180 Å². The predicted molar refractivity (Wildman–Crippen MR) is 200 cm³/mol. The molecule has 0 spiro atoms. The van der Waals surface area contributed by atoms with Crippen LogP contribution in [0.2, 0.25) is 0 Å². The van der Waals surface area contributed by atoms with Gasteiger partial charge in [0.1, 0.15) is 11.2 Å². The van der Waals surface area contributed by atoms with Crippen molar-refractivity contribution in [2.75, 3.05) is 0 Å². The Balaban J connectivity index is 1.18. The SMILES string of the molecule is c1ccc(-c2cccc(-c3nc(-c4cccc(-c5ccccc5)c4)nc(-c4ccc5c(c4)oc4ccc(-c6ccccc6)cc45)n3)c2)cc1. The number of aromatic nitrogens is 3. The fourth-order valence-corrected chi connectivity index (χ4v) is 6.43. The summed E-state index contributed by atoms with van der Waals surface area (Å²) >= 11 is 0. The van der Waals surface area contributed by atoms with Crippen LogP contribution in [0.4, 0.5) is 0 Å². The van der Waals surface area contributed by atoms with Gasteiger partial charge in [-0.3, -0.25) is 0 Å². The number of hydrogen-bond acceptors (Lipinski definition) is 4. The molecule has 4 heteroatoms. The van der Waals surface area contributed by atoms with Gasteiger partial charge in [-0.05, 0) is 69.8 Å². The van der Waals surface area contributed by atoms with Crippen molar-refractivity contribution in [3.8, 4) is 67.5 Å². The third-order valence-corrected chi connectivity index (χ3v) is 8.93. The zero-order valence-electron chi connectivity index (χ0n) is 26.5. The lowest BCUT2D eigenvalue weighted by Crippen LogP contribution is -2.00. The van der Waals surface area contributed by atoms with E-state index in [0.717, 1.165) is 66.4 Å². The van der Waals surface area contributed by atoms with Gasteiger partial charge in [-0.2, -0.15) is 0 Å². The minimum atomic E-state index is 0.586. The molecule has 0 aliphatic carbocycles. The van der Waals surface area contributed by atoms with Crippen molar-refractivity contribution in [1.29, 1.82) is 0 Å². The molecule has 0 radical (unpaired) electrons. The van der Waals surface area contributed by atoms with Crippen molar-refractivity contribution in [2.45, 2.75) is 0 Å². The highest BCUT2D eigenvalue weighted by Crippen LogP contribution is 2.35. The quantitative estimate of drug-likeness (QED) is 0.184. The van der Waals surface area contributed by atoms with Gasteiger partial charge in [0.2, 0.25) is 0 Å². The summed E-state index contributed by atoms with van der Waals surface area (Å²) in [5.74, 6) is 1.81. The van der Waals surface area contributed by atoms with Gasteiger partial charge in [0.25, 0.3) is 0 Å². The number of hydrogen-bond donors (Lipinski definition) is 0. The second-order valence-electron chi connectivity index (χ2n) is 12.1. The molecule has 0 atom stereocenters. The van der Waals surface area contributed by atoms with E-state index in [1.807, 2.05) is 24.3 Å². The topological polar surface area (TPSA) is 51.8 Å². The average molecular weight is 628 g/mol. The summed E-state index contributed by atoms with van der Waals surface area (Å²) in [4.78, 5) is 15.2. The average Bonchev–Trinajstić information content (AvgIpc) is 3.56. The maximum Gasteiger partial charge on any atom is 0.164 e. The Kier molecular flexibility index (Phi) is 7.10. The monoisotopic (exact) mass is 627 g/mol. The van der Waals surface area contributed by atoms with E-state index in [0.29, 0.717) is 17.5 Å². The Bertz CT molecular complexity index is 2490. The zero-order chi connectivity index (χ0) is 32.6. The molecule has 2 heterocycles. The number of furan rings is 1. The molecule has 0 bridgehead atoms. The van der Waals surface area contributed by atoms with Gasteiger partial charge in [-0.1, -0.05) is 140 Å². The molecule has 0 saturated carbocycles.